The summed E-state index contributed by atoms with van der Waals surface area (Å²) in [5.74, 6) is -0.000185. The smallest absolute Gasteiger partial charge is 0.240 e. The summed E-state index contributed by atoms with van der Waals surface area (Å²) < 4.78 is 5.03. The molecule has 6 nitrogen and oxygen atoms in total. The number of hydrogen-bond acceptors (Lipinski definition) is 4. The summed E-state index contributed by atoms with van der Waals surface area (Å²) in [6.45, 7) is 1.91. The molecule has 0 radical (unpaired) electrons. The monoisotopic (exact) mass is 299 g/mol. The van der Waals surface area contributed by atoms with Crippen LogP contribution in [0.15, 0.2) is 52.2 Å². The highest BCUT2D eigenvalue weighted by Crippen LogP contribution is 2.13. The van der Waals surface area contributed by atoms with Crippen molar-refractivity contribution in [2.24, 2.45) is 5.10 Å². The number of hydrazone groups is 1. The Labute approximate surface area is 128 Å². The van der Waals surface area contributed by atoms with Gasteiger partial charge in [0.05, 0.1) is 12.5 Å². The Morgan fingerprint density at radius 2 is 1.91 bits per heavy atom. The molecule has 2 aromatic rings. The topological polar surface area (TPSA) is 83.7 Å². The van der Waals surface area contributed by atoms with Crippen LogP contribution in [0.1, 0.15) is 24.2 Å². The molecule has 1 aromatic heterocycles. The molecule has 0 spiro atoms. The summed E-state index contributed by atoms with van der Waals surface area (Å²) in [7, 11) is 0. The number of furan rings is 1. The molecule has 0 unspecified atom stereocenters. The van der Waals surface area contributed by atoms with Crippen LogP contribution in [0.25, 0.3) is 0 Å². The van der Waals surface area contributed by atoms with Crippen LogP contribution in [0.3, 0.4) is 0 Å². The van der Waals surface area contributed by atoms with Crippen molar-refractivity contribution >= 4 is 23.7 Å². The summed E-state index contributed by atoms with van der Waals surface area (Å²) in [4.78, 5) is 23.3. The van der Waals surface area contributed by atoms with E-state index in [-0.39, 0.29) is 24.7 Å². The summed E-state index contributed by atoms with van der Waals surface area (Å²) >= 11 is 0. The van der Waals surface area contributed by atoms with E-state index in [1.165, 1.54) is 12.5 Å². The van der Waals surface area contributed by atoms with Crippen LogP contribution in [0.5, 0.6) is 0 Å². The van der Waals surface area contributed by atoms with Crippen molar-refractivity contribution in [3.8, 4) is 0 Å². The first kappa shape index (κ1) is 15.5. The van der Waals surface area contributed by atoms with Gasteiger partial charge in [-0.3, -0.25) is 9.59 Å². The van der Waals surface area contributed by atoms with Crippen LogP contribution in [0.4, 0.5) is 5.69 Å². The van der Waals surface area contributed by atoms with Crippen molar-refractivity contribution in [3.05, 3.63) is 54.0 Å². The van der Waals surface area contributed by atoms with Gasteiger partial charge in [-0.1, -0.05) is 18.2 Å². The highest BCUT2D eigenvalue weighted by atomic mass is 16.3. The molecule has 2 rings (SSSR count). The molecule has 0 atom stereocenters. The maximum Gasteiger partial charge on any atom is 0.240 e. The lowest BCUT2D eigenvalue weighted by atomic mass is 10.2. The number of para-hydroxylation sites is 1. The third kappa shape index (κ3) is 4.90. The molecule has 114 valence electrons. The van der Waals surface area contributed by atoms with Gasteiger partial charge in [0.1, 0.15) is 5.76 Å². The van der Waals surface area contributed by atoms with Gasteiger partial charge in [-0.2, -0.15) is 5.10 Å². The van der Waals surface area contributed by atoms with E-state index in [2.05, 4.69) is 15.8 Å². The number of rotatable bonds is 6. The Hall–Kier alpha value is -2.89. The molecule has 2 amide bonds. The Balaban J connectivity index is 1.72. The molecule has 0 fully saturated rings. The number of nitrogens with one attached hydrogen (secondary N) is 2. The fourth-order valence-electron chi connectivity index (χ4n) is 1.74. The lowest BCUT2D eigenvalue weighted by Gasteiger charge is -2.07. The standard InChI is InChI=1S/C16H17N3O3/c1-12-5-2-3-7-14(12)18-15(20)8-9-16(21)19-17-11-13-6-4-10-22-13/h2-7,10-11H,8-9H2,1H3,(H,18,20)(H,19,21). The van der Waals surface area contributed by atoms with Crippen molar-refractivity contribution in [2.45, 2.75) is 19.8 Å². The maximum absolute atomic E-state index is 11.8. The minimum atomic E-state index is -0.331. The van der Waals surface area contributed by atoms with Crippen LogP contribution in [0.2, 0.25) is 0 Å². The number of carbonyl (C=O) groups excluding carboxylic acids is 2. The predicted octanol–water partition coefficient (Wildman–Crippen LogP) is 2.46. The fraction of sp³-hybridized carbons (Fsp3) is 0.188. The average molecular weight is 299 g/mol. The third-order valence-corrected chi connectivity index (χ3v) is 2.92. The summed E-state index contributed by atoms with van der Waals surface area (Å²) in [5.41, 5.74) is 4.07. The number of amides is 2. The third-order valence-electron chi connectivity index (χ3n) is 2.92. The van der Waals surface area contributed by atoms with Crippen LogP contribution in [-0.2, 0) is 9.59 Å². The molecule has 0 aliphatic carbocycles. The molecule has 22 heavy (non-hydrogen) atoms. The van der Waals surface area contributed by atoms with E-state index in [4.69, 9.17) is 4.42 Å². The van der Waals surface area contributed by atoms with Crippen LogP contribution >= 0.6 is 0 Å². The van der Waals surface area contributed by atoms with Gasteiger partial charge in [-0.15, -0.1) is 0 Å². The summed E-state index contributed by atoms with van der Waals surface area (Å²) in [6, 6.07) is 10.9. The van der Waals surface area contributed by atoms with Crippen LogP contribution in [-0.4, -0.2) is 18.0 Å². The van der Waals surface area contributed by atoms with E-state index in [9.17, 15) is 9.59 Å². The van der Waals surface area contributed by atoms with E-state index in [0.29, 0.717) is 5.76 Å². The van der Waals surface area contributed by atoms with Crippen LogP contribution < -0.4 is 10.7 Å². The van der Waals surface area contributed by atoms with Crippen molar-refractivity contribution in [3.63, 3.8) is 0 Å². The maximum atomic E-state index is 11.8. The van der Waals surface area contributed by atoms with Gasteiger partial charge in [0.25, 0.3) is 0 Å². The molecule has 0 saturated heterocycles. The molecular weight excluding hydrogens is 282 g/mol. The van der Waals surface area contributed by atoms with Gasteiger partial charge in [0, 0.05) is 18.5 Å². The number of nitrogens with zero attached hydrogens (tertiary/aromatic N) is 1. The van der Waals surface area contributed by atoms with E-state index >= 15 is 0 Å². The van der Waals surface area contributed by atoms with Gasteiger partial charge in [-0.25, -0.2) is 5.43 Å². The predicted molar refractivity (Wildman–Crippen MR) is 83.5 cm³/mol. The van der Waals surface area contributed by atoms with Crippen molar-refractivity contribution in [1.29, 1.82) is 0 Å². The fourth-order valence-corrected chi connectivity index (χ4v) is 1.74. The Morgan fingerprint density at radius 3 is 2.64 bits per heavy atom. The minimum Gasteiger partial charge on any atom is -0.463 e. The number of hydrogen-bond donors (Lipinski definition) is 2. The van der Waals surface area contributed by atoms with Crippen molar-refractivity contribution < 1.29 is 14.0 Å². The Morgan fingerprint density at radius 1 is 1.14 bits per heavy atom. The van der Waals surface area contributed by atoms with Gasteiger partial charge in [-0.05, 0) is 30.7 Å². The molecule has 6 heteroatoms. The van der Waals surface area contributed by atoms with Gasteiger partial charge in [0.15, 0.2) is 0 Å². The Kier molecular flexibility index (Phi) is 5.48. The molecule has 1 heterocycles. The first-order valence-electron chi connectivity index (χ1n) is 6.86. The second kappa shape index (κ2) is 7.78. The second-order valence-corrected chi connectivity index (χ2v) is 4.67. The van der Waals surface area contributed by atoms with Gasteiger partial charge >= 0.3 is 0 Å². The van der Waals surface area contributed by atoms with Gasteiger partial charge < -0.3 is 9.73 Å². The van der Waals surface area contributed by atoms with E-state index in [1.54, 1.807) is 12.1 Å². The molecular formula is C16H17N3O3. The van der Waals surface area contributed by atoms with Crippen molar-refractivity contribution in [2.75, 3.05) is 5.32 Å². The summed E-state index contributed by atoms with van der Waals surface area (Å²) in [5, 5.41) is 6.51. The SMILES string of the molecule is Cc1ccccc1NC(=O)CCC(=O)NN=Cc1ccco1. The molecule has 2 N–H and O–H groups in total. The largest absolute Gasteiger partial charge is 0.463 e. The zero-order valence-corrected chi connectivity index (χ0v) is 12.2. The first-order valence-corrected chi connectivity index (χ1v) is 6.86. The molecule has 0 aliphatic rings. The molecule has 0 saturated carbocycles. The number of aryl methyl sites for hydroxylation is 1. The zero-order chi connectivity index (χ0) is 15.8. The first-order chi connectivity index (χ1) is 10.6. The highest BCUT2D eigenvalue weighted by molar-refractivity contribution is 5.93. The van der Waals surface area contributed by atoms with Gasteiger partial charge in [0.2, 0.25) is 11.8 Å². The summed E-state index contributed by atoms with van der Waals surface area (Å²) in [6.07, 6.45) is 3.06. The quantitative estimate of drug-likeness (QED) is 0.635. The lowest BCUT2D eigenvalue weighted by Crippen LogP contribution is -2.20. The number of anilines is 1. The second-order valence-electron chi connectivity index (χ2n) is 4.67. The van der Waals surface area contributed by atoms with Crippen LogP contribution in [0, 0.1) is 6.92 Å². The lowest BCUT2D eigenvalue weighted by molar-refractivity contribution is -0.124. The molecule has 1 aromatic carbocycles. The van der Waals surface area contributed by atoms with E-state index in [1.807, 2.05) is 31.2 Å². The molecule has 0 bridgehead atoms. The minimum absolute atomic E-state index is 0.0627. The van der Waals surface area contributed by atoms with E-state index in [0.717, 1.165) is 11.3 Å². The Bertz CT molecular complexity index is 663. The highest BCUT2D eigenvalue weighted by Gasteiger charge is 2.07. The molecule has 0 aliphatic heterocycles. The zero-order valence-electron chi connectivity index (χ0n) is 12.2. The average Bonchev–Trinajstić information content (AvgIpc) is 3.01. The van der Waals surface area contributed by atoms with Crippen molar-refractivity contribution in [1.82, 2.24) is 5.43 Å². The number of carbonyl (C=O) groups is 2. The van der Waals surface area contributed by atoms with E-state index < -0.39 is 0 Å². The number of benzene rings is 1. The normalized spacial score (nSPS) is 10.6.